The van der Waals surface area contributed by atoms with Crippen molar-refractivity contribution >= 4 is 0 Å². The minimum atomic E-state index is -0.179. The first-order chi connectivity index (χ1) is 10.2. The minimum absolute atomic E-state index is 0.179. The van der Waals surface area contributed by atoms with Gasteiger partial charge in [-0.1, -0.05) is 18.2 Å². The summed E-state index contributed by atoms with van der Waals surface area (Å²) in [6, 6.07) is 13.3. The van der Waals surface area contributed by atoms with Crippen LogP contribution in [0.3, 0.4) is 0 Å². The number of hydrogen-bond acceptors (Lipinski definition) is 4. The van der Waals surface area contributed by atoms with Crippen LogP contribution in [0.1, 0.15) is 17.2 Å². The summed E-state index contributed by atoms with van der Waals surface area (Å²) in [6.45, 7) is 0. The predicted octanol–water partition coefficient (Wildman–Crippen LogP) is 2.95. The van der Waals surface area contributed by atoms with Gasteiger partial charge in [-0.15, -0.1) is 0 Å². The first kappa shape index (κ1) is 15.2. The Morgan fingerprint density at radius 1 is 0.905 bits per heavy atom. The molecule has 0 radical (unpaired) electrons. The maximum absolute atomic E-state index is 6.34. The molecular formula is C17H21NO3. The lowest BCUT2D eigenvalue weighted by atomic mass is 9.98. The van der Waals surface area contributed by atoms with E-state index < -0.39 is 0 Å². The molecule has 0 fully saturated rings. The van der Waals surface area contributed by atoms with E-state index in [9.17, 15) is 0 Å². The molecule has 0 spiro atoms. The average Bonchev–Trinajstić information content (AvgIpc) is 2.54. The van der Waals surface area contributed by atoms with E-state index in [-0.39, 0.29) is 6.04 Å². The third kappa shape index (κ3) is 3.47. The Kier molecular flexibility index (Phi) is 5.06. The van der Waals surface area contributed by atoms with Gasteiger partial charge in [0.15, 0.2) is 0 Å². The zero-order valence-electron chi connectivity index (χ0n) is 12.6. The number of nitrogens with two attached hydrogens (primary N) is 1. The number of methoxy groups -OCH3 is 3. The highest BCUT2D eigenvalue weighted by Crippen LogP contribution is 2.30. The molecule has 2 aromatic carbocycles. The van der Waals surface area contributed by atoms with Crippen molar-refractivity contribution < 1.29 is 14.2 Å². The van der Waals surface area contributed by atoms with Gasteiger partial charge in [0.05, 0.1) is 21.3 Å². The fraction of sp³-hybridized carbons (Fsp3) is 0.294. The van der Waals surface area contributed by atoms with Crippen LogP contribution in [-0.4, -0.2) is 21.3 Å². The van der Waals surface area contributed by atoms with Crippen molar-refractivity contribution in [2.45, 2.75) is 12.5 Å². The van der Waals surface area contributed by atoms with Gasteiger partial charge in [0.1, 0.15) is 17.2 Å². The molecule has 112 valence electrons. The zero-order chi connectivity index (χ0) is 15.2. The Hall–Kier alpha value is -2.20. The molecule has 2 N–H and O–H groups in total. The van der Waals surface area contributed by atoms with Gasteiger partial charge in [0.2, 0.25) is 0 Å². The zero-order valence-corrected chi connectivity index (χ0v) is 12.6. The van der Waals surface area contributed by atoms with Crippen molar-refractivity contribution in [3.63, 3.8) is 0 Å². The molecule has 0 aliphatic heterocycles. The maximum atomic E-state index is 6.34. The molecular weight excluding hydrogens is 266 g/mol. The van der Waals surface area contributed by atoms with Crippen LogP contribution >= 0.6 is 0 Å². The Morgan fingerprint density at radius 2 is 1.62 bits per heavy atom. The molecule has 1 atom stereocenters. The van der Waals surface area contributed by atoms with Crippen molar-refractivity contribution in [2.24, 2.45) is 5.73 Å². The first-order valence-corrected chi connectivity index (χ1v) is 6.79. The molecule has 0 aromatic heterocycles. The molecule has 0 heterocycles. The van der Waals surface area contributed by atoms with Crippen LogP contribution in [0.5, 0.6) is 17.2 Å². The van der Waals surface area contributed by atoms with E-state index in [1.54, 1.807) is 21.3 Å². The quantitative estimate of drug-likeness (QED) is 0.887. The van der Waals surface area contributed by atoms with Crippen molar-refractivity contribution in [1.82, 2.24) is 0 Å². The summed E-state index contributed by atoms with van der Waals surface area (Å²) < 4.78 is 16.0. The fourth-order valence-corrected chi connectivity index (χ4v) is 2.36. The molecule has 21 heavy (non-hydrogen) atoms. The summed E-state index contributed by atoms with van der Waals surface area (Å²) >= 11 is 0. The van der Waals surface area contributed by atoms with E-state index in [0.29, 0.717) is 6.42 Å². The van der Waals surface area contributed by atoms with Crippen LogP contribution in [-0.2, 0) is 6.42 Å². The third-order valence-electron chi connectivity index (χ3n) is 3.47. The molecule has 0 bridgehead atoms. The van der Waals surface area contributed by atoms with Gasteiger partial charge < -0.3 is 19.9 Å². The lowest BCUT2D eigenvalue weighted by Crippen LogP contribution is -2.15. The van der Waals surface area contributed by atoms with Crippen LogP contribution in [0.4, 0.5) is 0 Å². The number of ether oxygens (including phenoxy) is 3. The Labute approximate surface area is 125 Å². The number of para-hydroxylation sites is 1. The van der Waals surface area contributed by atoms with Gasteiger partial charge in [-0.3, -0.25) is 0 Å². The number of hydrogen-bond donors (Lipinski definition) is 1. The van der Waals surface area contributed by atoms with E-state index in [1.165, 1.54) is 0 Å². The van der Waals surface area contributed by atoms with E-state index in [1.807, 2.05) is 42.5 Å². The molecule has 0 saturated carbocycles. The van der Waals surface area contributed by atoms with Crippen molar-refractivity contribution in [1.29, 1.82) is 0 Å². The van der Waals surface area contributed by atoms with Crippen molar-refractivity contribution in [3.05, 3.63) is 53.6 Å². The molecule has 4 heteroatoms. The highest BCUT2D eigenvalue weighted by Gasteiger charge is 2.15. The largest absolute Gasteiger partial charge is 0.497 e. The monoisotopic (exact) mass is 287 g/mol. The number of benzene rings is 2. The fourth-order valence-electron chi connectivity index (χ4n) is 2.36. The standard InChI is InChI=1S/C17H21NO3/c1-19-13-8-9-16(20-2)12(10-13)11-15(18)14-6-4-5-7-17(14)21-3/h4-10,15H,11,18H2,1-3H3. The summed E-state index contributed by atoms with van der Waals surface area (Å²) in [6.07, 6.45) is 0.640. The van der Waals surface area contributed by atoms with Crippen LogP contribution in [0.15, 0.2) is 42.5 Å². The first-order valence-electron chi connectivity index (χ1n) is 6.79. The predicted molar refractivity (Wildman–Crippen MR) is 83.2 cm³/mol. The van der Waals surface area contributed by atoms with Gasteiger partial charge >= 0.3 is 0 Å². The highest BCUT2D eigenvalue weighted by molar-refractivity contribution is 5.43. The third-order valence-corrected chi connectivity index (χ3v) is 3.47. The molecule has 4 nitrogen and oxygen atoms in total. The molecule has 1 unspecified atom stereocenters. The summed E-state index contributed by atoms with van der Waals surface area (Å²) in [5.41, 5.74) is 8.33. The lowest BCUT2D eigenvalue weighted by molar-refractivity contribution is 0.394. The smallest absolute Gasteiger partial charge is 0.123 e. The van der Waals surface area contributed by atoms with E-state index in [0.717, 1.165) is 28.4 Å². The van der Waals surface area contributed by atoms with Gasteiger partial charge in [-0.2, -0.15) is 0 Å². The maximum Gasteiger partial charge on any atom is 0.123 e. The highest BCUT2D eigenvalue weighted by atomic mass is 16.5. The van der Waals surface area contributed by atoms with Crippen LogP contribution in [0, 0.1) is 0 Å². The number of rotatable bonds is 6. The Balaban J connectivity index is 2.28. The molecule has 2 rings (SSSR count). The molecule has 0 amide bonds. The van der Waals surface area contributed by atoms with Gasteiger partial charge in [-0.05, 0) is 36.2 Å². The van der Waals surface area contributed by atoms with E-state index in [2.05, 4.69) is 0 Å². The summed E-state index contributed by atoms with van der Waals surface area (Å²) in [5.74, 6) is 2.39. The molecule has 0 aliphatic rings. The van der Waals surface area contributed by atoms with E-state index >= 15 is 0 Å². The van der Waals surface area contributed by atoms with Crippen LogP contribution in [0.25, 0.3) is 0 Å². The molecule has 0 aliphatic carbocycles. The van der Waals surface area contributed by atoms with Gasteiger partial charge in [0, 0.05) is 11.6 Å². The Bertz CT molecular complexity index is 598. The SMILES string of the molecule is COc1ccc(OC)c(CC(N)c2ccccc2OC)c1. The average molecular weight is 287 g/mol. The topological polar surface area (TPSA) is 53.7 Å². The van der Waals surface area contributed by atoms with Crippen molar-refractivity contribution in [3.8, 4) is 17.2 Å². The Morgan fingerprint density at radius 3 is 2.29 bits per heavy atom. The normalized spacial score (nSPS) is 11.8. The second-order valence-corrected chi connectivity index (χ2v) is 4.73. The van der Waals surface area contributed by atoms with Gasteiger partial charge in [-0.25, -0.2) is 0 Å². The van der Waals surface area contributed by atoms with Crippen LogP contribution in [0.2, 0.25) is 0 Å². The second-order valence-electron chi connectivity index (χ2n) is 4.73. The van der Waals surface area contributed by atoms with Crippen molar-refractivity contribution in [2.75, 3.05) is 21.3 Å². The van der Waals surface area contributed by atoms with Crippen LogP contribution < -0.4 is 19.9 Å². The lowest BCUT2D eigenvalue weighted by Gasteiger charge is -2.17. The minimum Gasteiger partial charge on any atom is -0.497 e. The summed E-state index contributed by atoms with van der Waals surface area (Å²) in [7, 11) is 4.95. The summed E-state index contributed by atoms with van der Waals surface area (Å²) in [5, 5.41) is 0. The molecule has 0 saturated heterocycles. The summed E-state index contributed by atoms with van der Waals surface area (Å²) in [4.78, 5) is 0. The second kappa shape index (κ2) is 6.99. The van der Waals surface area contributed by atoms with Gasteiger partial charge in [0.25, 0.3) is 0 Å². The molecule has 2 aromatic rings. The van der Waals surface area contributed by atoms with E-state index in [4.69, 9.17) is 19.9 Å².